The maximum absolute atomic E-state index is 13.5. The quantitative estimate of drug-likeness (QED) is 0.457. The van der Waals surface area contributed by atoms with Crippen LogP contribution in [0.15, 0.2) is 52.3 Å². The minimum Gasteiger partial charge on any atom is -0.383 e. The summed E-state index contributed by atoms with van der Waals surface area (Å²) in [5.74, 6) is 0.0441. The van der Waals surface area contributed by atoms with Gasteiger partial charge >= 0.3 is 5.69 Å². The molecular formula is C24H30N6O3. The highest BCUT2D eigenvalue weighted by Gasteiger charge is 2.25. The number of carbonyl (C=O) groups is 1. The summed E-state index contributed by atoms with van der Waals surface area (Å²) in [6, 6.07) is 9.43. The number of nitrogens with zero attached hydrogens (tertiary/aromatic N) is 4. The SMILES string of the molecule is CCCCCN(C(=O)c1cnc(-c2ccccc2)nc1)c1c(N)n(CCCC)c(=O)[nH]c1=O. The molecule has 0 radical (unpaired) electrons. The van der Waals surface area contributed by atoms with Crippen LogP contribution in [0.25, 0.3) is 11.4 Å². The van der Waals surface area contributed by atoms with Gasteiger partial charge < -0.3 is 10.6 Å². The number of aromatic amines is 1. The van der Waals surface area contributed by atoms with Gasteiger partial charge in [0.05, 0.1) is 5.56 Å². The number of hydrogen-bond donors (Lipinski definition) is 2. The van der Waals surface area contributed by atoms with E-state index in [1.165, 1.54) is 21.9 Å². The molecule has 2 aromatic heterocycles. The van der Waals surface area contributed by atoms with Gasteiger partial charge in [-0.3, -0.25) is 19.1 Å². The van der Waals surface area contributed by atoms with Gasteiger partial charge in [0.2, 0.25) is 0 Å². The van der Waals surface area contributed by atoms with E-state index < -0.39 is 17.2 Å². The number of nitrogens with one attached hydrogen (secondary N) is 1. The van der Waals surface area contributed by atoms with Crippen LogP contribution in [0.4, 0.5) is 11.5 Å². The number of benzene rings is 1. The Bertz CT molecular complexity index is 1190. The van der Waals surface area contributed by atoms with E-state index >= 15 is 0 Å². The molecule has 0 spiro atoms. The summed E-state index contributed by atoms with van der Waals surface area (Å²) < 4.78 is 1.31. The van der Waals surface area contributed by atoms with Crippen molar-refractivity contribution in [2.75, 3.05) is 17.2 Å². The van der Waals surface area contributed by atoms with Crippen molar-refractivity contribution in [1.82, 2.24) is 19.5 Å². The first kappa shape index (κ1) is 23.9. The molecule has 0 saturated heterocycles. The summed E-state index contributed by atoms with van der Waals surface area (Å²) in [6.45, 7) is 4.69. The zero-order valence-electron chi connectivity index (χ0n) is 19.1. The first-order valence-corrected chi connectivity index (χ1v) is 11.3. The van der Waals surface area contributed by atoms with Crippen LogP contribution in [0.3, 0.4) is 0 Å². The van der Waals surface area contributed by atoms with Gasteiger partial charge in [-0.15, -0.1) is 0 Å². The molecule has 9 nitrogen and oxygen atoms in total. The van der Waals surface area contributed by atoms with Crippen molar-refractivity contribution in [1.29, 1.82) is 0 Å². The average molecular weight is 451 g/mol. The molecule has 0 bridgehead atoms. The summed E-state index contributed by atoms with van der Waals surface area (Å²) in [7, 11) is 0. The van der Waals surface area contributed by atoms with Crippen molar-refractivity contribution in [2.24, 2.45) is 0 Å². The normalized spacial score (nSPS) is 10.8. The lowest BCUT2D eigenvalue weighted by molar-refractivity contribution is 0.0985. The van der Waals surface area contributed by atoms with Crippen molar-refractivity contribution in [3.8, 4) is 11.4 Å². The van der Waals surface area contributed by atoms with Gasteiger partial charge in [0.15, 0.2) is 11.5 Å². The molecule has 3 rings (SSSR count). The van der Waals surface area contributed by atoms with Crippen molar-refractivity contribution < 1.29 is 4.79 Å². The molecular weight excluding hydrogens is 420 g/mol. The molecule has 174 valence electrons. The minimum absolute atomic E-state index is 0.0103. The van der Waals surface area contributed by atoms with E-state index in [1.807, 2.05) is 37.3 Å². The number of rotatable bonds is 10. The van der Waals surface area contributed by atoms with Crippen LogP contribution in [0, 0.1) is 0 Å². The fourth-order valence-electron chi connectivity index (χ4n) is 3.54. The van der Waals surface area contributed by atoms with Gasteiger partial charge in [0.1, 0.15) is 5.82 Å². The van der Waals surface area contributed by atoms with Crippen LogP contribution in [0.5, 0.6) is 0 Å². The first-order valence-electron chi connectivity index (χ1n) is 11.3. The predicted molar refractivity (Wildman–Crippen MR) is 129 cm³/mol. The second-order valence-electron chi connectivity index (χ2n) is 7.82. The first-order chi connectivity index (χ1) is 16.0. The van der Waals surface area contributed by atoms with E-state index in [0.29, 0.717) is 25.2 Å². The molecule has 0 aliphatic heterocycles. The second kappa shape index (κ2) is 11.2. The summed E-state index contributed by atoms with van der Waals surface area (Å²) in [6.07, 6.45) is 6.96. The number of aromatic nitrogens is 4. The zero-order chi connectivity index (χ0) is 23.8. The van der Waals surface area contributed by atoms with Gasteiger partial charge in [-0.1, -0.05) is 63.4 Å². The van der Waals surface area contributed by atoms with Crippen LogP contribution in [0.2, 0.25) is 0 Å². The van der Waals surface area contributed by atoms with Crippen molar-refractivity contribution in [2.45, 2.75) is 52.5 Å². The van der Waals surface area contributed by atoms with E-state index in [2.05, 4.69) is 21.9 Å². The number of unbranched alkanes of at least 4 members (excludes halogenated alkanes) is 3. The second-order valence-corrected chi connectivity index (χ2v) is 7.82. The Kier molecular flexibility index (Phi) is 8.12. The van der Waals surface area contributed by atoms with Crippen LogP contribution in [0.1, 0.15) is 56.3 Å². The monoisotopic (exact) mass is 450 g/mol. The molecule has 0 saturated carbocycles. The summed E-state index contributed by atoms with van der Waals surface area (Å²) in [5.41, 5.74) is 6.05. The third kappa shape index (κ3) is 5.54. The molecule has 1 amide bonds. The van der Waals surface area contributed by atoms with Gasteiger partial charge in [-0.05, 0) is 12.8 Å². The molecule has 0 unspecified atom stereocenters. The van der Waals surface area contributed by atoms with Crippen LogP contribution >= 0.6 is 0 Å². The molecule has 33 heavy (non-hydrogen) atoms. The molecule has 0 atom stereocenters. The fraction of sp³-hybridized carbons (Fsp3) is 0.375. The summed E-state index contributed by atoms with van der Waals surface area (Å²) in [5, 5.41) is 0. The molecule has 0 aliphatic carbocycles. The Labute approximate surface area is 192 Å². The Hall–Kier alpha value is -3.75. The minimum atomic E-state index is -0.683. The van der Waals surface area contributed by atoms with E-state index in [1.54, 1.807) is 0 Å². The number of amides is 1. The van der Waals surface area contributed by atoms with Crippen LogP contribution in [-0.2, 0) is 6.54 Å². The Morgan fingerprint density at radius 1 is 1.03 bits per heavy atom. The molecule has 0 fully saturated rings. The zero-order valence-corrected chi connectivity index (χ0v) is 19.1. The molecule has 0 aliphatic rings. The molecule has 2 heterocycles. The Balaban J connectivity index is 2.00. The van der Waals surface area contributed by atoms with E-state index in [0.717, 1.165) is 24.8 Å². The van der Waals surface area contributed by atoms with Gasteiger partial charge in [-0.25, -0.2) is 14.8 Å². The smallest absolute Gasteiger partial charge is 0.330 e. The van der Waals surface area contributed by atoms with E-state index in [9.17, 15) is 14.4 Å². The highest BCUT2D eigenvalue weighted by molar-refractivity contribution is 6.06. The number of H-pyrrole nitrogens is 1. The third-order valence-corrected chi connectivity index (χ3v) is 5.38. The summed E-state index contributed by atoms with van der Waals surface area (Å²) >= 11 is 0. The van der Waals surface area contributed by atoms with Crippen molar-refractivity contribution >= 4 is 17.4 Å². The fourth-order valence-corrected chi connectivity index (χ4v) is 3.54. The highest BCUT2D eigenvalue weighted by Crippen LogP contribution is 2.21. The average Bonchev–Trinajstić information content (AvgIpc) is 2.83. The Morgan fingerprint density at radius 2 is 1.70 bits per heavy atom. The third-order valence-electron chi connectivity index (χ3n) is 5.38. The molecule has 3 aromatic rings. The van der Waals surface area contributed by atoms with Gasteiger partial charge in [0.25, 0.3) is 11.5 Å². The van der Waals surface area contributed by atoms with Crippen LogP contribution in [-0.4, -0.2) is 32.0 Å². The largest absolute Gasteiger partial charge is 0.383 e. The standard InChI is InChI=1S/C24H30N6O3/c1-3-5-10-14-29(19-20(25)30(13-6-4-2)24(33)28-22(19)31)23(32)18-15-26-21(27-16-18)17-11-8-7-9-12-17/h7-9,11-12,15-16H,3-6,10,13-14,25H2,1-2H3,(H,28,31,33). The van der Waals surface area contributed by atoms with E-state index in [-0.39, 0.29) is 23.6 Å². The van der Waals surface area contributed by atoms with Crippen molar-refractivity contribution in [3.63, 3.8) is 0 Å². The van der Waals surface area contributed by atoms with Crippen LogP contribution < -0.4 is 21.9 Å². The number of nitrogens with two attached hydrogens (primary N) is 1. The van der Waals surface area contributed by atoms with Gasteiger partial charge in [0, 0.05) is 31.0 Å². The van der Waals surface area contributed by atoms with E-state index in [4.69, 9.17) is 5.73 Å². The predicted octanol–water partition coefficient (Wildman–Crippen LogP) is 3.21. The molecule has 1 aromatic carbocycles. The summed E-state index contributed by atoms with van der Waals surface area (Å²) in [4.78, 5) is 50.8. The number of anilines is 2. The van der Waals surface area contributed by atoms with Gasteiger partial charge in [-0.2, -0.15) is 0 Å². The number of nitrogen functional groups attached to an aromatic ring is 1. The maximum Gasteiger partial charge on any atom is 0.330 e. The van der Waals surface area contributed by atoms with Crippen molar-refractivity contribution in [3.05, 3.63) is 69.1 Å². The lowest BCUT2D eigenvalue weighted by Crippen LogP contribution is -2.41. The lowest BCUT2D eigenvalue weighted by Gasteiger charge is -2.24. The highest BCUT2D eigenvalue weighted by atomic mass is 16.2. The Morgan fingerprint density at radius 3 is 2.33 bits per heavy atom. The number of carbonyl (C=O) groups excluding carboxylic acids is 1. The molecule has 9 heteroatoms. The number of hydrogen-bond acceptors (Lipinski definition) is 6. The lowest BCUT2D eigenvalue weighted by atomic mass is 10.2. The topological polar surface area (TPSA) is 127 Å². The molecule has 3 N–H and O–H groups in total. The maximum atomic E-state index is 13.5.